The molecule has 9 heteroatoms. The minimum absolute atomic E-state index is 0.0645. The van der Waals surface area contributed by atoms with Crippen molar-refractivity contribution in [1.29, 1.82) is 0 Å². The van der Waals surface area contributed by atoms with Crippen LogP contribution in [0.15, 0.2) is 41.3 Å². The minimum atomic E-state index is -3.75. The molecule has 1 amide bonds. The molecule has 0 aromatic heterocycles. The Morgan fingerprint density at radius 3 is 2.48 bits per heavy atom. The van der Waals surface area contributed by atoms with Crippen LogP contribution in [-0.4, -0.2) is 46.4 Å². The van der Waals surface area contributed by atoms with Crippen LogP contribution in [0.5, 0.6) is 5.75 Å². The van der Waals surface area contributed by atoms with Crippen LogP contribution in [-0.2, 0) is 14.8 Å². The Hall–Kier alpha value is -2.65. The van der Waals surface area contributed by atoms with E-state index in [4.69, 9.17) is 4.74 Å². The maximum absolute atomic E-state index is 13.8. The lowest BCUT2D eigenvalue weighted by Gasteiger charge is -2.16. The highest BCUT2D eigenvalue weighted by molar-refractivity contribution is 7.89. The van der Waals surface area contributed by atoms with Crippen LogP contribution >= 0.6 is 0 Å². The maximum atomic E-state index is 13.8. The summed E-state index contributed by atoms with van der Waals surface area (Å²) in [7, 11) is 0.418. The van der Waals surface area contributed by atoms with Crippen LogP contribution in [0.3, 0.4) is 0 Å². The minimum Gasteiger partial charge on any atom is -0.495 e. The molecule has 2 N–H and O–H groups in total. The average molecular weight is 395 g/mol. The summed E-state index contributed by atoms with van der Waals surface area (Å²) in [6.45, 7) is 1.59. The highest BCUT2D eigenvalue weighted by atomic mass is 32.2. The quantitative estimate of drug-likeness (QED) is 0.752. The first-order valence-corrected chi connectivity index (χ1v) is 9.49. The molecule has 0 atom stereocenters. The van der Waals surface area contributed by atoms with E-state index < -0.39 is 21.7 Å². The lowest BCUT2D eigenvalue weighted by Crippen LogP contribution is -2.24. The summed E-state index contributed by atoms with van der Waals surface area (Å²) in [4.78, 5) is 12.1. The van der Waals surface area contributed by atoms with Crippen molar-refractivity contribution in [2.24, 2.45) is 0 Å². The number of benzene rings is 2. The zero-order valence-electron chi connectivity index (χ0n) is 15.5. The summed E-state index contributed by atoms with van der Waals surface area (Å²) in [6.07, 6.45) is 0. The molecule has 0 bridgehead atoms. The number of methoxy groups -OCH3 is 1. The predicted molar refractivity (Wildman–Crippen MR) is 102 cm³/mol. The van der Waals surface area contributed by atoms with E-state index in [9.17, 15) is 17.6 Å². The molecule has 7 nitrogen and oxygen atoms in total. The molecule has 2 rings (SSSR count). The van der Waals surface area contributed by atoms with E-state index in [1.807, 2.05) is 0 Å². The van der Waals surface area contributed by atoms with Crippen LogP contribution in [0.2, 0.25) is 0 Å². The maximum Gasteiger partial charge on any atom is 0.246 e. The van der Waals surface area contributed by atoms with Crippen molar-refractivity contribution in [2.75, 3.05) is 38.4 Å². The fourth-order valence-corrected chi connectivity index (χ4v) is 3.37. The first-order chi connectivity index (χ1) is 12.6. The van der Waals surface area contributed by atoms with Gasteiger partial charge < -0.3 is 15.4 Å². The van der Waals surface area contributed by atoms with E-state index in [1.165, 1.54) is 45.5 Å². The van der Waals surface area contributed by atoms with Crippen molar-refractivity contribution in [3.8, 4) is 5.75 Å². The molecule has 0 aliphatic heterocycles. The third-order valence-electron chi connectivity index (χ3n) is 3.77. The molecular formula is C18H22FN3O4S. The van der Waals surface area contributed by atoms with E-state index in [0.29, 0.717) is 0 Å². The van der Waals surface area contributed by atoms with Gasteiger partial charge in [0.2, 0.25) is 15.9 Å². The number of sulfonamides is 1. The van der Waals surface area contributed by atoms with Gasteiger partial charge in [0.1, 0.15) is 16.5 Å². The zero-order valence-corrected chi connectivity index (χ0v) is 16.4. The van der Waals surface area contributed by atoms with Crippen molar-refractivity contribution < 1.29 is 22.3 Å². The summed E-state index contributed by atoms with van der Waals surface area (Å²) in [5.74, 6) is -0.735. The van der Waals surface area contributed by atoms with E-state index in [0.717, 1.165) is 9.87 Å². The monoisotopic (exact) mass is 395 g/mol. The number of rotatable bonds is 7. The summed E-state index contributed by atoms with van der Waals surface area (Å²) in [5.41, 5.74) is 1.27. The highest BCUT2D eigenvalue weighted by Gasteiger charge is 2.23. The number of hydrogen-bond donors (Lipinski definition) is 2. The average Bonchev–Trinajstić information content (AvgIpc) is 2.60. The molecule has 0 saturated heterocycles. The molecule has 27 heavy (non-hydrogen) atoms. The molecular weight excluding hydrogens is 373 g/mol. The summed E-state index contributed by atoms with van der Waals surface area (Å²) < 4.78 is 44.8. The summed E-state index contributed by atoms with van der Waals surface area (Å²) in [5, 5.41) is 5.29. The van der Waals surface area contributed by atoms with Gasteiger partial charge in [0.05, 0.1) is 19.3 Å². The van der Waals surface area contributed by atoms with Crippen molar-refractivity contribution in [1.82, 2.24) is 4.31 Å². The number of anilines is 2. The number of amides is 1. The Bertz CT molecular complexity index is 946. The van der Waals surface area contributed by atoms with Gasteiger partial charge in [-0.15, -0.1) is 0 Å². The van der Waals surface area contributed by atoms with Crippen molar-refractivity contribution in [3.63, 3.8) is 0 Å². The van der Waals surface area contributed by atoms with Gasteiger partial charge in [0.15, 0.2) is 0 Å². The zero-order chi connectivity index (χ0) is 20.2. The van der Waals surface area contributed by atoms with E-state index in [-0.39, 0.29) is 28.6 Å². The van der Waals surface area contributed by atoms with E-state index >= 15 is 0 Å². The molecule has 0 aliphatic carbocycles. The molecule has 146 valence electrons. The fraction of sp³-hybridized carbons (Fsp3) is 0.278. The molecule has 0 spiro atoms. The number of halogens is 1. The second-order valence-corrected chi connectivity index (χ2v) is 8.16. The van der Waals surface area contributed by atoms with Gasteiger partial charge in [-0.05, 0) is 42.8 Å². The number of ether oxygens (including phenoxy) is 1. The normalized spacial score (nSPS) is 11.3. The van der Waals surface area contributed by atoms with Crippen molar-refractivity contribution >= 4 is 27.3 Å². The van der Waals surface area contributed by atoms with Crippen LogP contribution in [0.25, 0.3) is 0 Å². The molecule has 0 unspecified atom stereocenters. The second kappa shape index (κ2) is 8.36. The van der Waals surface area contributed by atoms with E-state index in [1.54, 1.807) is 19.1 Å². The van der Waals surface area contributed by atoms with Gasteiger partial charge in [0.25, 0.3) is 0 Å². The number of nitrogens with zero attached hydrogens (tertiary/aromatic N) is 1. The number of hydrogen-bond acceptors (Lipinski definition) is 5. The first kappa shape index (κ1) is 20.7. The standard InChI is InChI=1S/C18H22FN3O4S/c1-12-5-7-15(14(19)9-12)20-11-18(23)21-13-6-8-16(26-4)17(10-13)27(24,25)22(2)3/h5-10,20H,11H2,1-4H3,(H,21,23). The highest BCUT2D eigenvalue weighted by Crippen LogP contribution is 2.28. The summed E-state index contributed by atoms with van der Waals surface area (Å²) >= 11 is 0. The molecule has 0 fully saturated rings. The Morgan fingerprint density at radius 1 is 1.19 bits per heavy atom. The molecule has 2 aromatic carbocycles. The lowest BCUT2D eigenvalue weighted by molar-refractivity contribution is -0.114. The molecule has 0 heterocycles. The summed E-state index contributed by atoms with van der Waals surface area (Å²) in [6, 6.07) is 8.94. The number of nitrogens with one attached hydrogen (secondary N) is 2. The smallest absolute Gasteiger partial charge is 0.246 e. The molecule has 0 aliphatic rings. The molecule has 0 radical (unpaired) electrons. The van der Waals surface area contributed by atoms with Crippen LogP contribution in [0.4, 0.5) is 15.8 Å². The third kappa shape index (κ3) is 4.95. The number of carbonyl (C=O) groups is 1. The molecule has 2 aromatic rings. The topological polar surface area (TPSA) is 87.7 Å². The van der Waals surface area contributed by atoms with Gasteiger partial charge in [-0.25, -0.2) is 17.1 Å². The lowest BCUT2D eigenvalue weighted by atomic mass is 10.2. The van der Waals surface area contributed by atoms with Crippen molar-refractivity contribution in [3.05, 3.63) is 47.8 Å². The van der Waals surface area contributed by atoms with Gasteiger partial charge in [0, 0.05) is 19.8 Å². The van der Waals surface area contributed by atoms with Crippen LogP contribution in [0.1, 0.15) is 5.56 Å². The Balaban J connectivity index is 2.14. The van der Waals surface area contributed by atoms with Gasteiger partial charge in [-0.1, -0.05) is 6.07 Å². The van der Waals surface area contributed by atoms with Crippen LogP contribution in [0, 0.1) is 12.7 Å². The van der Waals surface area contributed by atoms with Crippen LogP contribution < -0.4 is 15.4 Å². The van der Waals surface area contributed by atoms with Gasteiger partial charge in [-0.2, -0.15) is 0 Å². The van der Waals surface area contributed by atoms with E-state index in [2.05, 4.69) is 10.6 Å². The van der Waals surface area contributed by atoms with Crippen molar-refractivity contribution in [2.45, 2.75) is 11.8 Å². The van der Waals surface area contributed by atoms with Gasteiger partial charge >= 0.3 is 0 Å². The fourth-order valence-electron chi connectivity index (χ4n) is 2.30. The number of aryl methyl sites for hydroxylation is 1. The molecule has 0 saturated carbocycles. The SMILES string of the molecule is COc1ccc(NC(=O)CNc2ccc(C)cc2F)cc1S(=O)(=O)N(C)C. The third-order valence-corrected chi connectivity index (χ3v) is 5.61. The second-order valence-electron chi connectivity index (χ2n) is 6.04. The Labute approximate surface area is 158 Å². The Morgan fingerprint density at radius 2 is 1.89 bits per heavy atom. The Kier molecular flexibility index (Phi) is 6.40. The predicted octanol–water partition coefficient (Wildman–Crippen LogP) is 2.44. The van der Waals surface area contributed by atoms with Gasteiger partial charge in [-0.3, -0.25) is 4.79 Å². The first-order valence-electron chi connectivity index (χ1n) is 8.05. The largest absolute Gasteiger partial charge is 0.495 e. The number of carbonyl (C=O) groups excluding carboxylic acids is 1.